The normalized spacial score (nSPS) is 23.2. The molecule has 0 saturated carbocycles. The van der Waals surface area contributed by atoms with E-state index in [0.717, 1.165) is 12.0 Å². The molecule has 1 fully saturated rings. The van der Waals surface area contributed by atoms with Crippen LogP contribution in [0.4, 0.5) is 0 Å². The maximum Gasteiger partial charge on any atom is 0.258 e. The summed E-state index contributed by atoms with van der Waals surface area (Å²) in [5, 5.41) is 9.32. The summed E-state index contributed by atoms with van der Waals surface area (Å²) in [6.07, 6.45) is 0.865. The summed E-state index contributed by atoms with van der Waals surface area (Å²) in [5.74, 6) is 0.422. The van der Waals surface area contributed by atoms with Gasteiger partial charge in [-0.05, 0) is 52.7 Å². The van der Waals surface area contributed by atoms with E-state index in [0.29, 0.717) is 5.75 Å². The van der Waals surface area contributed by atoms with Gasteiger partial charge >= 0.3 is 0 Å². The third-order valence-corrected chi connectivity index (χ3v) is 7.84. The second-order valence-electron chi connectivity index (χ2n) is 6.37. The van der Waals surface area contributed by atoms with Crippen LogP contribution in [-0.4, -0.2) is 15.4 Å². The molecule has 1 aliphatic rings. The van der Waals surface area contributed by atoms with Gasteiger partial charge in [-0.3, -0.25) is 4.57 Å². The molecule has 4 heteroatoms. The first-order valence-electron chi connectivity index (χ1n) is 6.19. The zero-order valence-electron chi connectivity index (χ0n) is 11.7. The van der Waals surface area contributed by atoms with Gasteiger partial charge in [-0.1, -0.05) is 12.1 Å². The highest BCUT2D eigenvalue weighted by molar-refractivity contribution is 7.64. The quantitative estimate of drug-likeness (QED) is 0.812. The predicted octanol–water partition coefficient (Wildman–Crippen LogP) is 4.32. The van der Waals surface area contributed by atoms with Gasteiger partial charge in [-0.2, -0.15) is 0 Å². The molecule has 2 rings (SSSR count). The van der Waals surface area contributed by atoms with Gasteiger partial charge < -0.3 is 9.63 Å². The Morgan fingerprint density at radius 1 is 1.22 bits per heavy atom. The van der Waals surface area contributed by atoms with E-state index in [4.69, 9.17) is 4.52 Å². The molecule has 100 valence electrons. The number of benzene rings is 1. The number of aryl methyl sites for hydroxylation is 1. The third kappa shape index (κ3) is 1.68. The molecule has 0 bridgehead atoms. The minimum Gasteiger partial charge on any atom is -0.504 e. The molecule has 0 aromatic heterocycles. The molecule has 1 aromatic carbocycles. The van der Waals surface area contributed by atoms with Crippen molar-refractivity contribution in [2.45, 2.75) is 51.4 Å². The molecule has 0 unspecified atom stereocenters. The van der Waals surface area contributed by atoms with E-state index in [2.05, 4.69) is 0 Å². The Bertz CT molecular complexity index is 514. The highest BCUT2D eigenvalue weighted by Crippen LogP contribution is 2.79. The van der Waals surface area contributed by atoms with Crippen molar-refractivity contribution in [3.8, 4) is 11.5 Å². The lowest BCUT2D eigenvalue weighted by molar-refractivity contribution is 0.310. The van der Waals surface area contributed by atoms with E-state index in [1.807, 2.05) is 27.7 Å². The lowest BCUT2D eigenvalue weighted by Gasteiger charge is -2.55. The van der Waals surface area contributed by atoms with Crippen LogP contribution < -0.4 is 4.52 Å². The number of para-hydroxylation sites is 1. The van der Waals surface area contributed by atoms with Gasteiger partial charge in [0.1, 0.15) is 0 Å². The van der Waals surface area contributed by atoms with Gasteiger partial charge in [0, 0.05) is 0 Å². The largest absolute Gasteiger partial charge is 0.504 e. The Labute approximate surface area is 109 Å². The minimum absolute atomic E-state index is 0.0891. The first-order valence-corrected chi connectivity index (χ1v) is 7.82. The molecular formula is C14H21O3P. The van der Waals surface area contributed by atoms with Crippen LogP contribution in [0.3, 0.4) is 0 Å². The average Bonchev–Trinajstić information content (AvgIpc) is 2.22. The first-order chi connectivity index (χ1) is 8.11. The van der Waals surface area contributed by atoms with Crippen LogP contribution in [0.2, 0.25) is 0 Å². The minimum atomic E-state index is -2.83. The van der Waals surface area contributed by atoms with Crippen LogP contribution in [0.5, 0.6) is 11.5 Å². The Morgan fingerprint density at radius 3 is 2.28 bits per heavy atom. The number of hydrogen-bond donors (Lipinski definition) is 1. The lowest BCUT2D eigenvalue weighted by Crippen LogP contribution is -2.50. The molecule has 0 amide bonds. The van der Waals surface area contributed by atoms with Crippen LogP contribution in [0.25, 0.3) is 0 Å². The Kier molecular flexibility index (Phi) is 2.82. The van der Waals surface area contributed by atoms with Crippen LogP contribution in [0, 0.1) is 6.92 Å². The van der Waals surface area contributed by atoms with Crippen LogP contribution in [0.1, 0.15) is 39.7 Å². The molecule has 0 radical (unpaired) electrons. The fourth-order valence-corrected chi connectivity index (χ4v) is 6.58. The number of hydrogen-bond acceptors (Lipinski definition) is 3. The summed E-state index contributed by atoms with van der Waals surface area (Å²) in [6.45, 7) is 9.66. The van der Waals surface area contributed by atoms with Gasteiger partial charge in [0.25, 0.3) is 7.37 Å². The van der Waals surface area contributed by atoms with Gasteiger partial charge in [0.2, 0.25) is 0 Å². The van der Waals surface area contributed by atoms with Crippen LogP contribution in [-0.2, 0) is 4.57 Å². The Balaban J connectivity index is 2.40. The smallest absolute Gasteiger partial charge is 0.258 e. The number of aromatic hydroxyl groups is 1. The predicted molar refractivity (Wildman–Crippen MR) is 73.9 cm³/mol. The average molecular weight is 268 g/mol. The van der Waals surface area contributed by atoms with E-state index < -0.39 is 7.37 Å². The van der Waals surface area contributed by atoms with E-state index in [-0.39, 0.29) is 16.1 Å². The molecule has 1 saturated heterocycles. The fourth-order valence-electron chi connectivity index (χ4n) is 3.09. The molecule has 1 aliphatic heterocycles. The SMILES string of the molecule is Cc1cccc(OP2(=O)C(C)(C)CC2(C)C)c1O. The fraction of sp³-hybridized carbons (Fsp3) is 0.571. The molecule has 1 aromatic rings. The second-order valence-corrected chi connectivity index (χ2v) is 10.1. The van der Waals surface area contributed by atoms with Gasteiger partial charge in [-0.15, -0.1) is 0 Å². The maximum atomic E-state index is 13.1. The van der Waals surface area contributed by atoms with Crippen molar-refractivity contribution in [1.82, 2.24) is 0 Å². The third-order valence-electron chi connectivity index (χ3n) is 3.89. The van der Waals surface area contributed by atoms with Crippen molar-refractivity contribution >= 4 is 7.37 Å². The highest BCUT2D eigenvalue weighted by Gasteiger charge is 2.65. The second kappa shape index (κ2) is 3.77. The maximum absolute atomic E-state index is 13.1. The Morgan fingerprint density at radius 2 is 1.78 bits per heavy atom. The van der Waals surface area contributed by atoms with E-state index >= 15 is 0 Å². The summed E-state index contributed by atoms with van der Waals surface area (Å²) in [7, 11) is -2.83. The molecule has 3 nitrogen and oxygen atoms in total. The molecule has 0 atom stereocenters. The summed E-state index contributed by atoms with van der Waals surface area (Å²) in [4.78, 5) is 0. The van der Waals surface area contributed by atoms with Crippen LogP contribution >= 0.6 is 7.37 Å². The number of phenols is 1. The van der Waals surface area contributed by atoms with Gasteiger partial charge in [0.15, 0.2) is 11.5 Å². The van der Waals surface area contributed by atoms with E-state index in [1.54, 1.807) is 25.1 Å². The number of rotatable bonds is 2. The molecule has 1 heterocycles. The molecule has 0 spiro atoms. The summed E-state index contributed by atoms with van der Waals surface area (Å²) in [5.41, 5.74) is 0.732. The van der Waals surface area contributed by atoms with Crippen molar-refractivity contribution < 1.29 is 14.2 Å². The number of phenolic OH excluding ortho intramolecular Hbond substituents is 1. The molecular weight excluding hydrogens is 247 g/mol. The van der Waals surface area contributed by atoms with Gasteiger partial charge in [0.05, 0.1) is 10.3 Å². The molecule has 18 heavy (non-hydrogen) atoms. The standard InChI is InChI=1S/C14H21O3P/c1-10-7-6-8-11(12(10)15)17-18(16)13(2,3)9-14(18,4)5/h6-8,15H,9H2,1-5H3. The van der Waals surface area contributed by atoms with E-state index in [1.165, 1.54) is 0 Å². The molecule has 0 aliphatic carbocycles. The summed E-state index contributed by atoms with van der Waals surface area (Å²) < 4.78 is 18.9. The molecule has 1 N–H and O–H groups in total. The van der Waals surface area contributed by atoms with Crippen molar-refractivity contribution in [3.63, 3.8) is 0 Å². The Hall–Kier alpha value is -0.950. The zero-order chi connectivity index (χ0) is 13.8. The summed E-state index contributed by atoms with van der Waals surface area (Å²) in [6, 6.07) is 5.28. The topological polar surface area (TPSA) is 46.5 Å². The van der Waals surface area contributed by atoms with Crippen molar-refractivity contribution in [1.29, 1.82) is 0 Å². The van der Waals surface area contributed by atoms with Crippen molar-refractivity contribution in [2.24, 2.45) is 0 Å². The monoisotopic (exact) mass is 268 g/mol. The first kappa shape index (κ1) is 13.5. The van der Waals surface area contributed by atoms with Crippen LogP contribution in [0.15, 0.2) is 18.2 Å². The highest BCUT2D eigenvalue weighted by atomic mass is 31.2. The van der Waals surface area contributed by atoms with Gasteiger partial charge in [-0.25, -0.2) is 0 Å². The lowest BCUT2D eigenvalue weighted by atomic mass is 9.96. The zero-order valence-corrected chi connectivity index (χ0v) is 12.5. The van der Waals surface area contributed by atoms with Crippen molar-refractivity contribution in [2.75, 3.05) is 0 Å². The van der Waals surface area contributed by atoms with Crippen molar-refractivity contribution in [3.05, 3.63) is 23.8 Å². The summed E-state index contributed by atoms with van der Waals surface area (Å²) >= 11 is 0. The van der Waals surface area contributed by atoms with E-state index in [9.17, 15) is 9.67 Å².